The van der Waals surface area contributed by atoms with Crippen molar-refractivity contribution >= 4 is 11.6 Å². The second kappa shape index (κ2) is 3.87. The number of alkyl halides is 3. The number of benzene rings is 1. The van der Waals surface area contributed by atoms with E-state index in [2.05, 4.69) is 5.32 Å². The highest BCUT2D eigenvalue weighted by Crippen LogP contribution is 2.49. The second-order valence-corrected chi connectivity index (χ2v) is 5.68. The van der Waals surface area contributed by atoms with Crippen LogP contribution < -0.4 is 5.32 Å². The predicted octanol–water partition coefficient (Wildman–Crippen LogP) is 3.49. The summed E-state index contributed by atoms with van der Waals surface area (Å²) in [6.45, 7) is 0. The molecule has 1 unspecified atom stereocenters. The van der Waals surface area contributed by atoms with Gasteiger partial charge in [0, 0.05) is 11.1 Å². The summed E-state index contributed by atoms with van der Waals surface area (Å²) in [6, 6.07) is 5.43. The van der Waals surface area contributed by atoms with Gasteiger partial charge in [0.1, 0.15) is 5.54 Å². The molecule has 1 aromatic rings. The molecule has 2 aliphatic rings. The first kappa shape index (κ1) is 12.3. The van der Waals surface area contributed by atoms with E-state index in [1.54, 1.807) is 6.07 Å². The monoisotopic (exact) mass is 275 g/mol. The molecule has 0 aliphatic heterocycles. The van der Waals surface area contributed by atoms with Gasteiger partial charge in [-0.05, 0) is 48.9 Å². The third-order valence-corrected chi connectivity index (χ3v) is 4.11. The Kier molecular flexibility index (Phi) is 2.65. The Labute approximate surface area is 108 Å². The molecule has 1 atom stereocenters. The SMILES string of the molecule is FC(F)(F)C1(NC2Cc3ccc(Cl)cc3C2)CC1. The maximum atomic E-state index is 12.9. The first-order valence-electron chi connectivity index (χ1n) is 6.01. The van der Waals surface area contributed by atoms with Crippen molar-refractivity contribution in [1.82, 2.24) is 5.32 Å². The molecule has 98 valence electrons. The minimum atomic E-state index is -4.14. The molecule has 0 spiro atoms. The zero-order valence-corrected chi connectivity index (χ0v) is 10.4. The van der Waals surface area contributed by atoms with E-state index in [4.69, 9.17) is 11.6 Å². The fraction of sp³-hybridized carbons (Fsp3) is 0.538. The van der Waals surface area contributed by atoms with Crippen molar-refractivity contribution in [2.45, 2.75) is 43.4 Å². The van der Waals surface area contributed by atoms with Crippen LogP contribution >= 0.6 is 11.6 Å². The number of nitrogens with one attached hydrogen (secondary N) is 1. The number of fused-ring (bicyclic) bond motifs is 1. The number of halogens is 4. The van der Waals surface area contributed by atoms with Gasteiger partial charge in [-0.3, -0.25) is 0 Å². The lowest BCUT2D eigenvalue weighted by molar-refractivity contribution is -0.167. The van der Waals surface area contributed by atoms with Gasteiger partial charge in [-0.2, -0.15) is 13.2 Å². The van der Waals surface area contributed by atoms with Gasteiger partial charge < -0.3 is 5.32 Å². The topological polar surface area (TPSA) is 12.0 Å². The van der Waals surface area contributed by atoms with E-state index in [0.29, 0.717) is 17.9 Å². The molecule has 1 aromatic carbocycles. The van der Waals surface area contributed by atoms with Crippen LogP contribution in [0.5, 0.6) is 0 Å². The zero-order valence-electron chi connectivity index (χ0n) is 9.65. The zero-order chi connectivity index (χ0) is 13.0. The summed E-state index contributed by atoms with van der Waals surface area (Å²) in [5, 5.41) is 3.45. The molecule has 0 bridgehead atoms. The van der Waals surface area contributed by atoms with Crippen LogP contribution in [0.4, 0.5) is 13.2 Å². The molecule has 1 N–H and O–H groups in total. The van der Waals surface area contributed by atoms with E-state index < -0.39 is 11.7 Å². The molecule has 2 aliphatic carbocycles. The molecule has 0 heterocycles. The highest BCUT2D eigenvalue weighted by Gasteiger charge is 2.63. The van der Waals surface area contributed by atoms with Crippen molar-refractivity contribution in [2.24, 2.45) is 0 Å². The van der Waals surface area contributed by atoms with Gasteiger partial charge in [-0.1, -0.05) is 17.7 Å². The molecule has 1 saturated carbocycles. The highest BCUT2D eigenvalue weighted by molar-refractivity contribution is 6.30. The minimum Gasteiger partial charge on any atom is -0.300 e. The van der Waals surface area contributed by atoms with Crippen molar-refractivity contribution < 1.29 is 13.2 Å². The largest absolute Gasteiger partial charge is 0.406 e. The van der Waals surface area contributed by atoms with Crippen molar-refractivity contribution in [3.8, 4) is 0 Å². The molecular formula is C13H13ClF3N. The average molecular weight is 276 g/mol. The van der Waals surface area contributed by atoms with E-state index in [1.807, 2.05) is 12.1 Å². The third-order valence-electron chi connectivity index (χ3n) is 3.87. The lowest BCUT2D eigenvalue weighted by atomic mass is 10.1. The van der Waals surface area contributed by atoms with E-state index in [1.165, 1.54) is 0 Å². The smallest absolute Gasteiger partial charge is 0.300 e. The van der Waals surface area contributed by atoms with Crippen molar-refractivity contribution in [3.05, 3.63) is 34.3 Å². The minimum absolute atomic E-state index is 0.123. The van der Waals surface area contributed by atoms with Crippen LogP contribution in [0.3, 0.4) is 0 Å². The first-order chi connectivity index (χ1) is 8.40. The molecular weight excluding hydrogens is 263 g/mol. The maximum absolute atomic E-state index is 12.9. The first-order valence-corrected chi connectivity index (χ1v) is 6.39. The Hall–Kier alpha value is -0.740. The molecule has 3 rings (SSSR count). The normalized spacial score (nSPS) is 25.0. The van der Waals surface area contributed by atoms with Crippen LogP contribution in [0.15, 0.2) is 18.2 Å². The quantitative estimate of drug-likeness (QED) is 0.871. The maximum Gasteiger partial charge on any atom is 0.406 e. The Bertz CT molecular complexity index is 480. The summed E-state index contributed by atoms with van der Waals surface area (Å²) in [6.07, 6.45) is -2.45. The predicted molar refractivity (Wildman–Crippen MR) is 63.8 cm³/mol. The van der Waals surface area contributed by atoms with Gasteiger partial charge in [0.25, 0.3) is 0 Å². The van der Waals surface area contributed by atoms with Gasteiger partial charge >= 0.3 is 6.18 Å². The third kappa shape index (κ3) is 2.01. The van der Waals surface area contributed by atoms with Gasteiger partial charge in [0.2, 0.25) is 0 Å². The molecule has 18 heavy (non-hydrogen) atoms. The van der Waals surface area contributed by atoms with Crippen LogP contribution in [0.25, 0.3) is 0 Å². The molecule has 5 heteroatoms. The van der Waals surface area contributed by atoms with Gasteiger partial charge in [0.05, 0.1) is 0 Å². The number of hydrogen-bond donors (Lipinski definition) is 1. The lowest BCUT2D eigenvalue weighted by Gasteiger charge is -2.24. The van der Waals surface area contributed by atoms with Crippen molar-refractivity contribution in [1.29, 1.82) is 0 Å². The Morgan fingerprint density at radius 2 is 1.83 bits per heavy atom. The van der Waals surface area contributed by atoms with E-state index in [0.717, 1.165) is 11.1 Å². The standard InChI is InChI=1S/C13H13ClF3N/c14-10-2-1-8-6-11(7-9(8)5-10)18-12(3-4-12)13(15,16)17/h1-2,5,11,18H,3-4,6-7H2. The fourth-order valence-electron chi connectivity index (χ4n) is 2.71. The van der Waals surface area contributed by atoms with Crippen LogP contribution in [0, 0.1) is 0 Å². The van der Waals surface area contributed by atoms with Crippen molar-refractivity contribution in [2.75, 3.05) is 0 Å². The van der Waals surface area contributed by atoms with Crippen LogP contribution in [0.2, 0.25) is 5.02 Å². The summed E-state index contributed by atoms with van der Waals surface area (Å²) in [5.74, 6) is 0. The number of rotatable bonds is 2. The summed E-state index contributed by atoms with van der Waals surface area (Å²) < 4.78 is 38.6. The van der Waals surface area contributed by atoms with Crippen molar-refractivity contribution in [3.63, 3.8) is 0 Å². The van der Waals surface area contributed by atoms with Gasteiger partial charge in [-0.15, -0.1) is 0 Å². The summed E-state index contributed by atoms with van der Waals surface area (Å²) in [7, 11) is 0. The fourth-order valence-corrected chi connectivity index (χ4v) is 2.91. The van der Waals surface area contributed by atoms with Crippen LogP contribution in [-0.4, -0.2) is 17.8 Å². The Morgan fingerprint density at radius 1 is 1.17 bits per heavy atom. The molecule has 0 saturated heterocycles. The summed E-state index contributed by atoms with van der Waals surface area (Å²) >= 11 is 5.89. The van der Waals surface area contributed by atoms with Crippen LogP contribution in [0.1, 0.15) is 24.0 Å². The molecule has 1 nitrogen and oxygen atoms in total. The average Bonchev–Trinajstić information content (AvgIpc) is 2.92. The lowest BCUT2D eigenvalue weighted by Crippen LogP contribution is -2.50. The summed E-state index contributed by atoms with van der Waals surface area (Å²) in [4.78, 5) is 0. The molecule has 0 aromatic heterocycles. The van der Waals surface area contributed by atoms with E-state index in [9.17, 15) is 13.2 Å². The highest BCUT2D eigenvalue weighted by atomic mass is 35.5. The molecule has 0 amide bonds. The van der Waals surface area contributed by atoms with E-state index in [-0.39, 0.29) is 18.9 Å². The second-order valence-electron chi connectivity index (χ2n) is 5.24. The van der Waals surface area contributed by atoms with Gasteiger partial charge in [-0.25, -0.2) is 0 Å². The van der Waals surface area contributed by atoms with Crippen LogP contribution in [-0.2, 0) is 12.8 Å². The summed E-state index contributed by atoms with van der Waals surface area (Å²) in [5.41, 5.74) is 0.552. The Morgan fingerprint density at radius 3 is 2.44 bits per heavy atom. The Balaban J connectivity index is 1.72. The molecule has 0 radical (unpaired) electrons. The number of hydrogen-bond acceptors (Lipinski definition) is 1. The van der Waals surface area contributed by atoms with Gasteiger partial charge in [0.15, 0.2) is 0 Å². The molecule has 1 fully saturated rings. The van der Waals surface area contributed by atoms with E-state index >= 15 is 0 Å².